The van der Waals surface area contributed by atoms with Crippen LogP contribution in [-0.4, -0.2) is 4.99 Å². The predicted molar refractivity (Wildman–Crippen MR) is 91.3 cm³/mol. The number of ether oxygens (including phenoxy) is 1. The highest BCUT2D eigenvalue weighted by Gasteiger charge is 2.12. The van der Waals surface area contributed by atoms with Gasteiger partial charge < -0.3 is 10.5 Å². The van der Waals surface area contributed by atoms with Gasteiger partial charge in [-0.25, -0.2) is 0 Å². The fourth-order valence-corrected chi connectivity index (χ4v) is 2.62. The van der Waals surface area contributed by atoms with Crippen molar-refractivity contribution in [3.63, 3.8) is 0 Å². The van der Waals surface area contributed by atoms with Gasteiger partial charge in [-0.2, -0.15) is 0 Å². The van der Waals surface area contributed by atoms with Gasteiger partial charge in [0.25, 0.3) is 0 Å². The lowest BCUT2D eigenvalue weighted by molar-refractivity contribution is 0.481. The number of rotatable bonds is 3. The molecule has 0 radical (unpaired) electrons. The average molecular weight is 391 g/mol. The minimum atomic E-state index is 0.263. The number of halogens is 3. The van der Waals surface area contributed by atoms with Crippen LogP contribution in [0.25, 0.3) is 0 Å². The second-order valence-corrected chi connectivity index (χ2v) is 6.27. The Kier molecular flexibility index (Phi) is 4.91. The number of thiocarbonyl (C=S) groups is 1. The molecule has 0 unspecified atom stereocenters. The highest BCUT2D eigenvalue weighted by Crippen LogP contribution is 2.37. The first kappa shape index (κ1) is 15.6. The third kappa shape index (κ3) is 3.44. The molecular weight excluding hydrogens is 381 g/mol. The van der Waals surface area contributed by atoms with Crippen LogP contribution in [0.4, 0.5) is 0 Å². The first-order chi connectivity index (χ1) is 9.38. The summed E-state index contributed by atoms with van der Waals surface area (Å²) in [5, 5.41) is 0.950. The van der Waals surface area contributed by atoms with Crippen LogP contribution in [0.5, 0.6) is 11.5 Å². The molecule has 0 spiro atoms. The second-order valence-electron chi connectivity index (χ2n) is 4.16. The van der Waals surface area contributed by atoms with Crippen LogP contribution in [-0.2, 0) is 0 Å². The molecule has 0 aliphatic rings. The quantitative estimate of drug-likeness (QED) is 0.555. The highest BCUT2D eigenvalue weighted by molar-refractivity contribution is 9.10. The topological polar surface area (TPSA) is 35.2 Å². The minimum absolute atomic E-state index is 0.263. The molecule has 0 aromatic heterocycles. The normalized spacial score (nSPS) is 10.4. The molecule has 0 aliphatic carbocycles. The van der Waals surface area contributed by atoms with Crippen molar-refractivity contribution in [3.05, 3.63) is 56.0 Å². The molecular formula is C14H10BrCl2NOS. The number of benzene rings is 2. The molecule has 0 amide bonds. The molecule has 0 saturated heterocycles. The summed E-state index contributed by atoms with van der Waals surface area (Å²) in [6.07, 6.45) is 0. The van der Waals surface area contributed by atoms with E-state index in [1.54, 1.807) is 12.1 Å². The Morgan fingerprint density at radius 1 is 1.15 bits per heavy atom. The molecule has 0 saturated carbocycles. The van der Waals surface area contributed by atoms with Crippen LogP contribution in [0.3, 0.4) is 0 Å². The molecule has 2 nitrogen and oxygen atoms in total. The van der Waals surface area contributed by atoms with E-state index in [1.807, 2.05) is 25.1 Å². The molecule has 2 aromatic rings. The van der Waals surface area contributed by atoms with Crippen molar-refractivity contribution in [2.24, 2.45) is 5.73 Å². The maximum absolute atomic E-state index is 6.15. The summed E-state index contributed by atoms with van der Waals surface area (Å²) >= 11 is 20.5. The summed E-state index contributed by atoms with van der Waals surface area (Å²) < 4.78 is 6.52. The zero-order chi connectivity index (χ0) is 14.9. The van der Waals surface area contributed by atoms with Crippen molar-refractivity contribution in [1.29, 1.82) is 0 Å². The van der Waals surface area contributed by atoms with E-state index in [4.69, 9.17) is 45.9 Å². The first-order valence-electron chi connectivity index (χ1n) is 5.61. The van der Waals surface area contributed by atoms with Crippen molar-refractivity contribution >= 4 is 56.3 Å². The molecule has 20 heavy (non-hydrogen) atoms. The largest absolute Gasteiger partial charge is 0.455 e. The zero-order valence-electron chi connectivity index (χ0n) is 10.4. The van der Waals surface area contributed by atoms with Crippen molar-refractivity contribution in [2.75, 3.05) is 0 Å². The van der Waals surface area contributed by atoms with Crippen LogP contribution in [0.1, 0.15) is 11.1 Å². The van der Waals surface area contributed by atoms with Gasteiger partial charge in [0, 0.05) is 10.5 Å². The zero-order valence-corrected chi connectivity index (χ0v) is 14.3. The van der Waals surface area contributed by atoms with Gasteiger partial charge in [0.05, 0.1) is 15.6 Å². The van der Waals surface area contributed by atoms with E-state index in [9.17, 15) is 0 Å². The van der Waals surface area contributed by atoms with Gasteiger partial charge in [-0.05, 0) is 46.6 Å². The standard InChI is InChI=1S/C14H10BrCl2NOS/c1-7-2-3-8(14(18)20)12(4-7)19-13-6-10(16)9(15)5-11(13)17/h2-6H,1H3,(H2,18,20). The maximum Gasteiger partial charge on any atom is 0.147 e. The van der Waals surface area contributed by atoms with Crippen LogP contribution in [0.15, 0.2) is 34.8 Å². The Morgan fingerprint density at radius 3 is 2.50 bits per heavy atom. The smallest absolute Gasteiger partial charge is 0.147 e. The molecule has 2 rings (SSSR count). The van der Waals surface area contributed by atoms with E-state index < -0.39 is 0 Å². The van der Waals surface area contributed by atoms with E-state index in [2.05, 4.69) is 15.9 Å². The Labute approximate surface area is 141 Å². The number of hydrogen-bond acceptors (Lipinski definition) is 2. The van der Waals surface area contributed by atoms with E-state index in [0.29, 0.717) is 31.6 Å². The molecule has 0 bridgehead atoms. The lowest BCUT2D eigenvalue weighted by Gasteiger charge is -2.13. The molecule has 2 N–H and O–H groups in total. The SMILES string of the molecule is Cc1ccc(C(N)=S)c(Oc2cc(Cl)c(Br)cc2Cl)c1. The van der Waals surface area contributed by atoms with Crippen LogP contribution >= 0.6 is 51.3 Å². The molecule has 0 fully saturated rings. The summed E-state index contributed by atoms with van der Waals surface area (Å²) in [4.78, 5) is 0.263. The van der Waals surface area contributed by atoms with Gasteiger partial charge in [0.1, 0.15) is 16.5 Å². The van der Waals surface area contributed by atoms with Crippen LogP contribution in [0.2, 0.25) is 10.0 Å². The van der Waals surface area contributed by atoms with Crippen LogP contribution in [0, 0.1) is 6.92 Å². The fourth-order valence-electron chi connectivity index (χ4n) is 1.62. The Morgan fingerprint density at radius 2 is 1.85 bits per heavy atom. The lowest BCUT2D eigenvalue weighted by Crippen LogP contribution is -2.10. The minimum Gasteiger partial charge on any atom is -0.455 e. The third-order valence-electron chi connectivity index (χ3n) is 2.60. The number of hydrogen-bond donors (Lipinski definition) is 1. The highest BCUT2D eigenvalue weighted by atomic mass is 79.9. The summed E-state index contributed by atoms with van der Waals surface area (Å²) in [5.74, 6) is 1.00. The van der Waals surface area contributed by atoms with E-state index in [1.165, 1.54) is 0 Å². The third-order valence-corrected chi connectivity index (χ3v) is 4.31. The Hall–Kier alpha value is -0.810. The lowest BCUT2D eigenvalue weighted by atomic mass is 10.1. The first-order valence-corrected chi connectivity index (χ1v) is 7.57. The van der Waals surface area contributed by atoms with Gasteiger partial charge in [0.15, 0.2) is 0 Å². The summed E-state index contributed by atoms with van der Waals surface area (Å²) in [6, 6.07) is 8.90. The second kappa shape index (κ2) is 6.31. The predicted octanol–water partition coefficient (Wildman–Crippen LogP) is 5.49. The van der Waals surface area contributed by atoms with Crippen molar-refractivity contribution in [2.45, 2.75) is 6.92 Å². The summed E-state index contributed by atoms with van der Waals surface area (Å²) in [6.45, 7) is 1.95. The molecule has 2 aromatic carbocycles. The van der Waals surface area contributed by atoms with Gasteiger partial charge in [-0.1, -0.05) is 41.5 Å². The monoisotopic (exact) mass is 389 g/mol. The van der Waals surface area contributed by atoms with Crippen LogP contribution < -0.4 is 10.5 Å². The van der Waals surface area contributed by atoms with Gasteiger partial charge in [0.2, 0.25) is 0 Å². The average Bonchev–Trinajstić information content (AvgIpc) is 2.35. The van der Waals surface area contributed by atoms with Gasteiger partial charge in [-0.3, -0.25) is 0 Å². The summed E-state index contributed by atoms with van der Waals surface area (Å²) in [7, 11) is 0. The molecule has 0 atom stereocenters. The maximum atomic E-state index is 6.15. The molecule has 0 heterocycles. The van der Waals surface area contributed by atoms with Gasteiger partial charge >= 0.3 is 0 Å². The van der Waals surface area contributed by atoms with Crippen molar-refractivity contribution < 1.29 is 4.74 Å². The molecule has 6 heteroatoms. The number of nitrogens with two attached hydrogens (primary N) is 1. The summed E-state index contributed by atoms with van der Waals surface area (Å²) in [5.41, 5.74) is 7.38. The van der Waals surface area contributed by atoms with Crippen molar-refractivity contribution in [1.82, 2.24) is 0 Å². The Balaban J connectivity index is 2.47. The van der Waals surface area contributed by atoms with Gasteiger partial charge in [-0.15, -0.1) is 0 Å². The number of aryl methyl sites for hydroxylation is 1. The van der Waals surface area contributed by atoms with E-state index in [-0.39, 0.29) is 4.99 Å². The Bertz CT molecular complexity index is 691. The molecule has 104 valence electrons. The van der Waals surface area contributed by atoms with E-state index >= 15 is 0 Å². The molecule has 0 aliphatic heterocycles. The van der Waals surface area contributed by atoms with E-state index in [0.717, 1.165) is 5.56 Å². The fraction of sp³-hybridized carbons (Fsp3) is 0.0714. The van der Waals surface area contributed by atoms with Crippen molar-refractivity contribution in [3.8, 4) is 11.5 Å².